The summed E-state index contributed by atoms with van der Waals surface area (Å²) >= 11 is 0. The Morgan fingerprint density at radius 3 is 2.21 bits per heavy atom. The van der Waals surface area contributed by atoms with Crippen LogP contribution in [0.15, 0.2) is 30.3 Å². The average Bonchev–Trinajstić information content (AvgIpc) is 2.42. The van der Waals surface area contributed by atoms with Crippen LogP contribution in [0.4, 0.5) is 0 Å². The van der Waals surface area contributed by atoms with Crippen LogP contribution in [0.2, 0.25) is 0 Å². The Morgan fingerprint density at radius 2 is 1.58 bits per heavy atom. The second-order valence-corrected chi connectivity index (χ2v) is 5.09. The zero-order chi connectivity index (χ0) is 13.9. The molecule has 0 aromatic heterocycles. The summed E-state index contributed by atoms with van der Waals surface area (Å²) in [6.45, 7) is 0. The van der Waals surface area contributed by atoms with Crippen molar-refractivity contribution in [1.82, 2.24) is 0 Å². The highest BCUT2D eigenvalue weighted by Gasteiger charge is 2.09. The molecule has 0 saturated carbocycles. The Labute approximate surface area is 115 Å². The van der Waals surface area contributed by atoms with Crippen LogP contribution in [0.1, 0.15) is 50.5 Å². The zero-order valence-corrected chi connectivity index (χ0v) is 11.6. The van der Waals surface area contributed by atoms with Gasteiger partial charge < -0.3 is 10.8 Å². The molecule has 106 valence electrons. The first-order valence-electron chi connectivity index (χ1n) is 7.22. The minimum Gasteiger partial charge on any atom is -0.480 e. The van der Waals surface area contributed by atoms with Crippen LogP contribution in [0.5, 0.6) is 0 Å². The van der Waals surface area contributed by atoms with Crippen molar-refractivity contribution in [2.24, 2.45) is 5.73 Å². The maximum absolute atomic E-state index is 10.5. The number of rotatable bonds is 10. The predicted octanol–water partition coefficient (Wildman–Crippen LogP) is 3.37. The molecule has 0 bridgehead atoms. The predicted molar refractivity (Wildman–Crippen MR) is 78.1 cm³/mol. The van der Waals surface area contributed by atoms with Gasteiger partial charge in [0.05, 0.1) is 0 Å². The molecule has 0 spiro atoms. The van der Waals surface area contributed by atoms with Gasteiger partial charge in [-0.1, -0.05) is 62.4 Å². The number of nitrogens with two attached hydrogens (primary N) is 1. The molecular formula is C16H25NO2. The topological polar surface area (TPSA) is 63.3 Å². The van der Waals surface area contributed by atoms with Gasteiger partial charge in [-0.05, 0) is 24.8 Å². The van der Waals surface area contributed by atoms with Gasteiger partial charge in [0.15, 0.2) is 0 Å². The van der Waals surface area contributed by atoms with Crippen molar-refractivity contribution in [1.29, 1.82) is 0 Å². The van der Waals surface area contributed by atoms with Gasteiger partial charge in [0.25, 0.3) is 0 Å². The molecule has 3 heteroatoms. The van der Waals surface area contributed by atoms with Gasteiger partial charge in [0.1, 0.15) is 6.04 Å². The Hall–Kier alpha value is -1.35. The van der Waals surface area contributed by atoms with E-state index in [-0.39, 0.29) is 0 Å². The number of hydrogen-bond acceptors (Lipinski definition) is 2. The summed E-state index contributed by atoms with van der Waals surface area (Å²) in [6, 6.07) is 9.88. The molecule has 0 aliphatic carbocycles. The fourth-order valence-corrected chi connectivity index (χ4v) is 2.17. The van der Waals surface area contributed by atoms with Gasteiger partial charge in [-0.3, -0.25) is 4.79 Å². The number of aryl methyl sites for hydroxylation is 1. The van der Waals surface area contributed by atoms with Crippen LogP contribution < -0.4 is 5.73 Å². The zero-order valence-electron chi connectivity index (χ0n) is 11.6. The largest absolute Gasteiger partial charge is 0.480 e. The third-order valence-electron chi connectivity index (χ3n) is 3.39. The highest BCUT2D eigenvalue weighted by atomic mass is 16.4. The number of carboxylic acids is 1. The summed E-state index contributed by atoms with van der Waals surface area (Å²) in [5.41, 5.74) is 6.86. The van der Waals surface area contributed by atoms with Crippen molar-refractivity contribution in [3.8, 4) is 0 Å². The van der Waals surface area contributed by atoms with E-state index in [2.05, 4.69) is 24.3 Å². The van der Waals surface area contributed by atoms with E-state index in [0.717, 1.165) is 19.3 Å². The van der Waals surface area contributed by atoms with E-state index in [1.54, 1.807) is 0 Å². The lowest BCUT2D eigenvalue weighted by Crippen LogP contribution is -2.29. The normalized spacial score (nSPS) is 12.3. The van der Waals surface area contributed by atoms with Crippen LogP contribution in [0.25, 0.3) is 0 Å². The van der Waals surface area contributed by atoms with Crippen LogP contribution in [0, 0.1) is 0 Å². The minimum absolute atomic E-state index is 0.597. The third kappa shape index (κ3) is 7.62. The van der Waals surface area contributed by atoms with E-state index in [1.165, 1.54) is 31.2 Å². The lowest BCUT2D eigenvalue weighted by atomic mass is 10.0. The maximum atomic E-state index is 10.5. The van der Waals surface area contributed by atoms with Crippen molar-refractivity contribution in [2.45, 2.75) is 57.4 Å². The fourth-order valence-electron chi connectivity index (χ4n) is 2.17. The monoisotopic (exact) mass is 263 g/mol. The van der Waals surface area contributed by atoms with Gasteiger partial charge >= 0.3 is 5.97 Å². The maximum Gasteiger partial charge on any atom is 0.320 e. The molecule has 0 amide bonds. The van der Waals surface area contributed by atoms with Gasteiger partial charge in [-0.15, -0.1) is 0 Å². The number of carbonyl (C=O) groups is 1. The molecule has 1 atom stereocenters. The summed E-state index contributed by atoms with van der Waals surface area (Å²) in [5.74, 6) is -0.886. The standard InChI is InChI=1S/C16H25NO2/c17-15(16(18)19)13-9-4-2-1-3-6-10-14-11-7-5-8-12-14/h5,7-8,11-12,15H,1-4,6,9-10,13,17H2,(H,18,19)/t15-/m0/s1. The molecule has 0 aliphatic heterocycles. The fraction of sp³-hybridized carbons (Fsp3) is 0.562. The molecule has 0 radical (unpaired) electrons. The number of benzene rings is 1. The van der Waals surface area contributed by atoms with E-state index in [0.29, 0.717) is 6.42 Å². The summed E-state index contributed by atoms with van der Waals surface area (Å²) in [7, 11) is 0. The number of unbranched alkanes of at least 4 members (excludes halogenated alkanes) is 5. The molecule has 3 nitrogen and oxygen atoms in total. The van der Waals surface area contributed by atoms with Crippen molar-refractivity contribution in [2.75, 3.05) is 0 Å². The van der Waals surface area contributed by atoms with Crippen molar-refractivity contribution in [3.05, 3.63) is 35.9 Å². The highest BCUT2D eigenvalue weighted by molar-refractivity contribution is 5.72. The van der Waals surface area contributed by atoms with Crippen molar-refractivity contribution < 1.29 is 9.90 Å². The van der Waals surface area contributed by atoms with Gasteiger partial charge in [-0.2, -0.15) is 0 Å². The SMILES string of the molecule is N[C@@H](CCCCCCCCc1ccccc1)C(=O)O. The van der Waals surface area contributed by atoms with E-state index in [1.807, 2.05) is 6.07 Å². The molecule has 0 aliphatic rings. The number of aliphatic carboxylic acids is 1. The average molecular weight is 263 g/mol. The second-order valence-electron chi connectivity index (χ2n) is 5.09. The Kier molecular flexibility index (Phi) is 7.91. The summed E-state index contributed by atoms with van der Waals surface area (Å²) in [4.78, 5) is 10.5. The van der Waals surface area contributed by atoms with Gasteiger partial charge in [0, 0.05) is 0 Å². The van der Waals surface area contributed by atoms with Crippen LogP contribution in [0.3, 0.4) is 0 Å². The second kappa shape index (κ2) is 9.56. The third-order valence-corrected chi connectivity index (χ3v) is 3.39. The quantitative estimate of drug-likeness (QED) is 0.636. The van der Waals surface area contributed by atoms with E-state index in [9.17, 15) is 4.79 Å². The Morgan fingerprint density at radius 1 is 1.00 bits per heavy atom. The van der Waals surface area contributed by atoms with Crippen molar-refractivity contribution >= 4 is 5.97 Å². The van der Waals surface area contributed by atoms with Crippen LogP contribution in [-0.2, 0) is 11.2 Å². The molecule has 0 unspecified atom stereocenters. The first kappa shape index (κ1) is 15.7. The van der Waals surface area contributed by atoms with E-state index >= 15 is 0 Å². The number of hydrogen-bond donors (Lipinski definition) is 2. The first-order valence-corrected chi connectivity index (χ1v) is 7.22. The van der Waals surface area contributed by atoms with Gasteiger partial charge in [-0.25, -0.2) is 0 Å². The lowest BCUT2D eigenvalue weighted by molar-refractivity contribution is -0.138. The smallest absolute Gasteiger partial charge is 0.320 e. The molecule has 0 heterocycles. The molecule has 3 N–H and O–H groups in total. The van der Waals surface area contributed by atoms with Crippen molar-refractivity contribution in [3.63, 3.8) is 0 Å². The summed E-state index contributed by atoms with van der Waals surface area (Å²) < 4.78 is 0. The molecule has 0 fully saturated rings. The van der Waals surface area contributed by atoms with E-state index < -0.39 is 12.0 Å². The molecule has 0 saturated heterocycles. The Balaban J connectivity index is 1.90. The molecular weight excluding hydrogens is 238 g/mol. The first-order chi connectivity index (χ1) is 9.20. The highest BCUT2D eigenvalue weighted by Crippen LogP contribution is 2.11. The lowest BCUT2D eigenvalue weighted by Gasteiger charge is -2.05. The molecule has 1 aromatic rings. The number of carboxylic acid groups (broad SMARTS) is 1. The molecule has 1 rings (SSSR count). The molecule has 1 aromatic carbocycles. The van der Waals surface area contributed by atoms with E-state index in [4.69, 9.17) is 10.8 Å². The summed E-state index contributed by atoms with van der Waals surface area (Å²) in [6.07, 6.45) is 8.66. The van der Waals surface area contributed by atoms with Gasteiger partial charge in [0.2, 0.25) is 0 Å². The summed E-state index contributed by atoms with van der Waals surface area (Å²) in [5, 5.41) is 8.64. The van der Waals surface area contributed by atoms with Crippen LogP contribution >= 0.6 is 0 Å². The Bertz CT molecular complexity index is 351. The molecule has 19 heavy (non-hydrogen) atoms. The van der Waals surface area contributed by atoms with Crippen LogP contribution in [-0.4, -0.2) is 17.1 Å². The minimum atomic E-state index is -0.886.